The molecule has 4 aliphatic rings. The van der Waals surface area contributed by atoms with Crippen molar-refractivity contribution in [1.29, 1.82) is 0 Å². The average Bonchev–Trinajstić information content (AvgIpc) is 2.97. The molecule has 0 saturated heterocycles. The molecule has 3 saturated carbocycles. The van der Waals surface area contributed by atoms with Crippen molar-refractivity contribution in [2.45, 2.75) is 19.8 Å². The van der Waals surface area contributed by atoms with Crippen molar-refractivity contribution in [3.8, 4) is 0 Å². The molecule has 0 spiro atoms. The van der Waals surface area contributed by atoms with Crippen LogP contribution in [-0.2, 0) is 4.74 Å². The molecular formula is C15H22O. The van der Waals surface area contributed by atoms with Crippen LogP contribution in [0.2, 0.25) is 0 Å². The number of allylic oxidation sites excluding steroid dienone is 2. The molecular weight excluding hydrogens is 196 g/mol. The van der Waals surface area contributed by atoms with E-state index in [-0.39, 0.29) is 0 Å². The van der Waals surface area contributed by atoms with Crippen molar-refractivity contribution < 1.29 is 4.74 Å². The maximum atomic E-state index is 5.46. The molecule has 16 heavy (non-hydrogen) atoms. The molecule has 1 nitrogen and oxygen atoms in total. The zero-order chi connectivity index (χ0) is 10.9. The van der Waals surface area contributed by atoms with Gasteiger partial charge in [-0.1, -0.05) is 19.1 Å². The number of hydrogen-bond donors (Lipinski definition) is 0. The minimum atomic E-state index is 0.865. The summed E-state index contributed by atoms with van der Waals surface area (Å²) in [5.74, 6) is 7.79. The fourth-order valence-corrected chi connectivity index (χ4v) is 5.93. The van der Waals surface area contributed by atoms with Crippen LogP contribution in [0.3, 0.4) is 0 Å². The van der Waals surface area contributed by atoms with Crippen molar-refractivity contribution >= 4 is 0 Å². The van der Waals surface area contributed by atoms with E-state index < -0.39 is 0 Å². The molecule has 8 atom stereocenters. The second-order valence-corrected chi connectivity index (χ2v) is 6.64. The van der Waals surface area contributed by atoms with Crippen molar-refractivity contribution in [1.82, 2.24) is 0 Å². The third-order valence-electron chi connectivity index (χ3n) is 6.38. The van der Waals surface area contributed by atoms with Crippen LogP contribution >= 0.6 is 0 Å². The maximum Gasteiger partial charge on any atom is 0.0495 e. The molecule has 4 rings (SSSR count). The van der Waals surface area contributed by atoms with E-state index in [4.69, 9.17) is 4.74 Å². The van der Waals surface area contributed by atoms with E-state index in [1.807, 2.05) is 7.11 Å². The Hall–Kier alpha value is -0.300. The van der Waals surface area contributed by atoms with Crippen LogP contribution in [0.1, 0.15) is 19.8 Å². The van der Waals surface area contributed by atoms with Crippen molar-refractivity contribution in [3.05, 3.63) is 12.2 Å². The molecule has 0 N–H and O–H groups in total. The summed E-state index contributed by atoms with van der Waals surface area (Å²) in [5.41, 5.74) is 0. The molecule has 0 aromatic heterocycles. The summed E-state index contributed by atoms with van der Waals surface area (Å²) in [6.07, 6.45) is 8.06. The van der Waals surface area contributed by atoms with Crippen LogP contribution in [0.4, 0.5) is 0 Å². The van der Waals surface area contributed by atoms with Crippen molar-refractivity contribution in [2.24, 2.45) is 47.3 Å². The molecule has 0 radical (unpaired) electrons. The zero-order valence-corrected chi connectivity index (χ0v) is 10.3. The summed E-state index contributed by atoms with van der Waals surface area (Å²) in [6.45, 7) is 3.49. The van der Waals surface area contributed by atoms with E-state index in [1.165, 1.54) is 12.8 Å². The van der Waals surface area contributed by atoms with Gasteiger partial charge in [-0.05, 0) is 60.2 Å². The summed E-state index contributed by atoms with van der Waals surface area (Å²) in [4.78, 5) is 0. The Morgan fingerprint density at radius 3 is 2.44 bits per heavy atom. The lowest BCUT2D eigenvalue weighted by atomic mass is 9.65. The van der Waals surface area contributed by atoms with E-state index in [1.54, 1.807) is 0 Å². The zero-order valence-electron chi connectivity index (χ0n) is 10.3. The third kappa shape index (κ3) is 0.971. The van der Waals surface area contributed by atoms with Crippen LogP contribution in [0, 0.1) is 47.3 Å². The van der Waals surface area contributed by atoms with Gasteiger partial charge in [0.15, 0.2) is 0 Å². The Morgan fingerprint density at radius 1 is 1.06 bits per heavy atom. The Kier molecular flexibility index (Phi) is 1.90. The standard InChI is InChI=1S/C15H22O/c1-8-11-6-12(13(8)7-16-2)15-10-4-3-9(5-10)14(11)15/h3-4,8-15H,5-7H2,1-2H3. The van der Waals surface area contributed by atoms with Gasteiger partial charge in [0.1, 0.15) is 0 Å². The summed E-state index contributed by atoms with van der Waals surface area (Å²) in [7, 11) is 1.87. The number of hydrogen-bond acceptors (Lipinski definition) is 1. The molecule has 0 aromatic carbocycles. The summed E-state index contributed by atoms with van der Waals surface area (Å²) >= 11 is 0. The van der Waals surface area contributed by atoms with E-state index >= 15 is 0 Å². The Labute approximate surface area is 98.2 Å². The van der Waals surface area contributed by atoms with Gasteiger partial charge in [0.25, 0.3) is 0 Å². The number of ether oxygens (including phenoxy) is 1. The molecule has 1 heteroatoms. The molecule has 0 heterocycles. The highest BCUT2D eigenvalue weighted by Gasteiger charge is 2.63. The molecule has 88 valence electrons. The van der Waals surface area contributed by atoms with Gasteiger partial charge in [0.2, 0.25) is 0 Å². The second-order valence-electron chi connectivity index (χ2n) is 6.64. The summed E-state index contributed by atoms with van der Waals surface area (Å²) < 4.78 is 5.46. The highest BCUT2D eigenvalue weighted by Crippen LogP contribution is 2.68. The van der Waals surface area contributed by atoms with Crippen LogP contribution in [0.25, 0.3) is 0 Å². The van der Waals surface area contributed by atoms with Crippen LogP contribution in [0.5, 0.6) is 0 Å². The van der Waals surface area contributed by atoms with Gasteiger partial charge in [0, 0.05) is 13.7 Å². The highest BCUT2D eigenvalue weighted by molar-refractivity contribution is 5.21. The minimum absolute atomic E-state index is 0.865. The molecule has 8 unspecified atom stereocenters. The molecule has 4 bridgehead atoms. The lowest BCUT2D eigenvalue weighted by Gasteiger charge is -2.40. The first-order valence-electron chi connectivity index (χ1n) is 6.98. The third-order valence-corrected chi connectivity index (χ3v) is 6.38. The lowest BCUT2D eigenvalue weighted by molar-refractivity contribution is 0.0373. The minimum Gasteiger partial charge on any atom is -0.384 e. The van der Waals surface area contributed by atoms with Crippen LogP contribution < -0.4 is 0 Å². The molecule has 3 fully saturated rings. The van der Waals surface area contributed by atoms with Crippen LogP contribution in [0.15, 0.2) is 12.2 Å². The SMILES string of the molecule is COCC1C(C)C2CC1C1C3C=CC(C3)C21. The summed E-state index contributed by atoms with van der Waals surface area (Å²) in [6, 6.07) is 0. The Bertz CT molecular complexity index is 334. The van der Waals surface area contributed by atoms with Gasteiger partial charge >= 0.3 is 0 Å². The van der Waals surface area contributed by atoms with Gasteiger partial charge in [-0.25, -0.2) is 0 Å². The smallest absolute Gasteiger partial charge is 0.0495 e. The highest BCUT2D eigenvalue weighted by atomic mass is 16.5. The van der Waals surface area contributed by atoms with Gasteiger partial charge < -0.3 is 4.74 Å². The monoisotopic (exact) mass is 218 g/mol. The summed E-state index contributed by atoms with van der Waals surface area (Å²) in [5, 5.41) is 0. The van der Waals surface area contributed by atoms with E-state index in [0.717, 1.165) is 54.0 Å². The van der Waals surface area contributed by atoms with Crippen molar-refractivity contribution in [2.75, 3.05) is 13.7 Å². The number of methoxy groups -OCH3 is 1. The quantitative estimate of drug-likeness (QED) is 0.511. The Balaban J connectivity index is 1.67. The van der Waals surface area contributed by atoms with E-state index in [2.05, 4.69) is 19.1 Å². The molecule has 0 amide bonds. The molecule has 0 aromatic rings. The van der Waals surface area contributed by atoms with Crippen molar-refractivity contribution in [3.63, 3.8) is 0 Å². The fourth-order valence-electron chi connectivity index (χ4n) is 5.93. The van der Waals surface area contributed by atoms with Gasteiger partial charge in [-0.3, -0.25) is 0 Å². The number of fused-ring (bicyclic) bond motifs is 9. The first-order valence-corrected chi connectivity index (χ1v) is 6.98. The second kappa shape index (κ2) is 3.13. The van der Waals surface area contributed by atoms with E-state index in [9.17, 15) is 0 Å². The van der Waals surface area contributed by atoms with E-state index in [0.29, 0.717) is 0 Å². The first kappa shape index (κ1) is 9.70. The normalized spacial score (nSPS) is 60.9. The predicted octanol–water partition coefficient (Wildman–Crippen LogP) is 2.97. The fraction of sp³-hybridized carbons (Fsp3) is 0.867. The molecule has 4 aliphatic carbocycles. The predicted molar refractivity (Wildman–Crippen MR) is 63.8 cm³/mol. The lowest BCUT2D eigenvalue weighted by Crippen LogP contribution is -2.37. The van der Waals surface area contributed by atoms with Gasteiger partial charge in [0.05, 0.1) is 0 Å². The largest absolute Gasteiger partial charge is 0.384 e. The maximum absolute atomic E-state index is 5.46. The topological polar surface area (TPSA) is 9.23 Å². The molecule has 0 aliphatic heterocycles. The first-order chi connectivity index (χ1) is 7.81. The number of rotatable bonds is 2. The average molecular weight is 218 g/mol. The Morgan fingerprint density at radius 2 is 1.75 bits per heavy atom. The van der Waals surface area contributed by atoms with Gasteiger partial charge in [-0.2, -0.15) is 0 Å². The van der Waals surface area contributed by atoms with Crippen LogP contribution in [-0.4, -0.2) is 13.7 Å². The van der Waals surface area contributed by atoms with Gasteiger partial charge in [-0.15, -0.1) is 0 Å².